The number of H-pyrrole nitrogens is 1. The van der Waals surface area contributed by atoms with Gasteiger partial charge in [-0.25, -0.2) is 4.98 Å². The molecule has 6 heteroatoms. The van der Waals surface area contributed by atoms with E-state index < -0.39 is 0 Å². The first-order valence-corrected chi connectivity index (χ1v) is 9.44. The van der Waals surface area contributed by atoms with Crippen LogP contribution in [0.1, 0.15) is 22.4 Å². The lowest BCUT2D eigenvalue weighted by Crippen LogP contribution is -2.30. The molecule has 6 rings (SSSR count). The Balaban J connectivity index is 1.51. The van der Waals surface area contributed by atoms with Gasteiger partial charge in [0, 0.05) is 23.1 Å². The fourth-order valence-corrected chi connectivity index (χ4v) is 4.26. The van der Waals surface area contributed by atoms with Crippen molar-refractivity contribution in [3.05, 3.63) is 89.6 Å². The van der Waals surface area contributed by atoms with Crippen molar-refractivity contribution < 1.29 is 13.9 Å². The van der Waals surface area contributed by atoms with Crippen molar-refractivity contribution in [1.29, 1.82) is 0 Å². The highest BCUT2D eigenvalue weighted by Crippen LogP contribution is 2.45. The highest BCUT2D eigenvalue weighted by Gasteiger charge is 2.37. The van der Waals surface area contributed by atoms with E-state index in [1.807, 2.05) is 12.1 Å². The third-order valence-corrected chi connectivity index (χ3v) is 5.72. The van der Waals surface area contributed by atoms with Crippen molar-refractivity contribution >= 4 is 6.08 Å². The molecule has 2 aromatic carbocycles. The summed E-state index contributed by atoms with van der Waals surface area (Å²) in [4.78, 5) is 4.01. The van der Waals surface area contributed by atoms with E-state index in [0.717, 1.165) is 40.4 Å². The van der Waals surface area contributed by atoms with Crippen molar-refractivity contribution in [3.8, 4) is 23.0 Å². The fourth-order valence-electron chi connectivity index (χ4n) is 4.26. The zero-order valence-corrected chi connectivity index (χ0v) is 15.5. The number of rotatable bonds is 3. The van der Waals surface area contributed by atoms with Crippen molar-refractivity contribution in [1.82, 2.24) is 15.2 Å². The van der Waals surface area contributed by atoms with Crippen LogP contribution in [0.2, 0.25) is 0 Å². The molecular formula is C23H17N3O3. The minimum absolute atomic E-state index is 0.262. The van der Waals surface area contributed by atoms with Crippen LogP contribution < -0.4 is 9.47 Å². The van der Waals surface area contributed by atoms with E-state index in [9.17, 15) is 0 Å². The first kappa shape index (κ1) is 16.2. The van der Waals surface area contributed by atoms with Crippen LogP contribution in [0.3, 0.4) is 0 Å². The van der Waals surface area contributed by atoms with Crippen LogP contribution in [0, 0.1) is 0 Å². The van der Waals surface area contributed by atoms with Crippen LogP contribution in [-0.2, 0) is 11.8 Å². The maximum atomic E-state index is 5.65. The molecular weight excluding hydrogens is 366 g/mol. The largest absolute Gasteiger partial charge is 0.454 e. The average molecular weight is 383 g/mol. The average Bonchev–Trinajstić information content (AvgIpc) is 3.53. The Bertz CT molecular complexity index is 1210. The summed E-state index contributed by atoms with van der Waals surface area (Å²) in [5.41, 5.74) is 4.87. The Kier molecular flexibility index (Phi) is 3.41. The molecule has 1 N–H and O–H groups in total. The first-order valence-electron chi connectivity index (χ1n) is 9.44. The number of allylic oxidation sites excluding steroid dienone is 1. The fraction of sp³-hybridized carbons (Fsp3) is 0.130. The van der Waals surface area contributed by atoms with E-state index in [0.29, 0.717) is 5.76 Å². The van der Waals surface area contributed by atoms with Gasteiger partial charge in [-0.3, -0.25) is 5.10 Å². The maximum Gasteiger partial charge on any atom is 0.231 e. The minimum atomic E-state index is -0.347. The number of ether oxygens (including phenoxy) is 2. The van der Waals surface area contributed by atoms with Crippen molar-refractivity contribution in [2.24, 2.45) is 0 Å². The number of aromatic nitrogens is 3. The normalized spacial score (nSPS) is 19.3. The standard InChI is InChI=1S/C23H17N3O3/c1-2-4-15(5-3-1)23(16-6-7-19-20(10-16)29-14-28-19)9-8-17-18(11-23)25-26-22(17)21-12-24-13-27-21/h1-10,12-13H,11,14H2,(H,25,26). The third-order valence-electron chi connectivity index (χ3n) is 5.72. The predicted molar refractivity (Wildman–Crippen MR) is 107 cm³/mol. The number of aromatic amines is 1. The van der Waals surface area contributed by atoms with E-state index >= 15 is 0 Å². The van der Waals surface area contributed by atoms with Crippen LogP contribution in [0.15, 0.2) is 71.6 Å². The van der Waals surface area contributed by atoms with Gasteiger partial charge in [-0.05, 0) is 23.3 Å². The number of nitrogens with zero attached hydrogens (tertiary/aromatic N) is 2. The quantitative estimate of drug-likeness (QED) is 0.569. The molecule has 6 nitrogen and oxygen atoms in total. The SMILES string of the molecule is C1=CC(c2ccccc2)(c2ccc3c(c2)OCO3)Cc2[nH]nc(-c3cnco3)c21. The Morgan fingerprint density at radius 1 is 0.966 bits per heavy atom. The maximum absolute atomic E-state index is 5.65. The lowest BCUT2D eigenvalue weighted by Gasteiger charge is -2.34. The molecule has 3 heterocycles. The smallest absolute Gasteiger partial charge is 0.231 e. The van der Waals surface area contributed by atoms with Crippen LogP contribution >= 0.6 is 0 Å². The van der Waals surface area contributed by atoms with Crippen LogP contribution in [-0.4, -0.2) is 22.0 Å². The lowest BCUT2D eigenvalue weighted by molar-refractivity contribution is 0.174. The molecule has 2 aromatic heterocycles. The molecule has 0 spiro atoms. The van der Waals surface area contributed by atoms with E-state index in [-0.39, 0.29) is 12.2 Å². The van der Waals surface area contributed by atoms with Crippen LogP contribution in [0.4, 0.5) is 0 Å². The number of benzene rings is 2. The monoisotopic (exact) mass is 383 g/mol. The van der Waals surface area contributed by atoms with Crippen LogP contribution in [0.5, 0.6) is 11.5 Å². The highest BCUT2D eigenvalue weighted by molar-refractivity contribution is 5.74. The Morgan fingerprint density at radius 2 is 1.86 bits per heavy atom. The summed E-state index contributed by atoms with van der Waals surface area (Å²) in [6, 6.07) is 16.7. The van der Waals surface area contributed by atoms with E-state index in [4.69, 9.17) is 13.9 Å². The van der Waals surface area contributed by atoms with E-state index in [2.05, 4.69) is 63.7 Å². The number of hydrogen-bond acceptors (Lipinski definition) is 5. The summed E-state index contributed by atoms with van der Waals surface area (Å²) >= 11 is 0. The molecule has 0 saturated carbocycles. The van der Waals surface area contributed by atoms with Gasteiger partial charge in [0.15, 0.2) is 23.7 Å². The van der Waals surface area contributed by atoms with Crippen molar-refractivity contribution in [2.75, 3.05) is 6.79 Å². The zero-order valence-electron chi connectivity index (χ0n) is 15.5. The summed E-state index contributed by atoms with van der Waals surface area (Å²) in [6.45, 7) is 0.262. The van der Waals surface area contributed by atoms with Gasteiger partial charge in [0.1, 0.15) is 5.69 Å². The number of nitrogens with one attached hydrogen (secondary N) is 1. The Hall–Kier alpha value is -3.80. The van der Waals surface area contributed by atoms with Crippen molar-refractivity contribution in [2.45, 2.75) is 11.8 Å². The second-order valence-electron chi connectivity index (χ2n) is 7.25. The molecule has 0 fully saturated rings. The zero-order chi connectivity index (χ0) is 19.3. The third kappa shape index (κ3) is 2.42. The minimum Gasteiger partial charge on any atom is -0.454 e. The molecule has 1 unspecified atom stereocenters. The molecule has 0 amide bonds. The summed E-state index contributed by atoms with van der Waals surface area (Å²) < 4.78 is 16.6. The van der Waals surface area contributed by atoms with Crippen LogP contribution in [0.25, 0.3) is 17.5 Å². The first-order chi connectivity index (χ1) is 14.3. The van der Waals surface area contributed by atoms with E-state index in [1.165, 1.54) is 12.0 Å². The van der Waals surface area contributed by atoms with Gasteiger partial charge in [-0.1, -0.05) is 48.6 Å². The summed E-state index contributed by atoms with van der Waals surface area (Å²) in [7, 11) is 0. The highest BCUT2D eigenvalue weighted by atomic mass is 16.7. The Labute approximate surface area is 166 Å². The molecule has 29 heavy (non-hydrogen) atoms. The molecule has 0 bridgehead atoms. The van der Waals surface area contributed by atoms with Gasteiger partial charge in [-0.2, -0.15) is 5.10 Å². The van der Waals surface area contributed by atoms with E-state index in [1.54, 1.807) is 6.20 Å². The summed E-state index contributed by atoms with van der Waals surface area (Å²) in [5, 5.41) is 7.71. The molecule has 1 aliphatic carbocycles. The summed E-state index contributed by atoms with van der Waals surface area (Å²) in [6.07, 6.45) is 8.21. The second-order valence-corrected chi connectivity index (χ2v) is 7.25. The van der Waals surface area contributed by atoms with Gasteiger partial charge in [0.2, 0.25) is 6.79 Å². The number of oxazole rings is 1. The predicted octanol–water partition coefficient (Wildman–Crippen LogP) is 4.35. The van der Waals surface area contributed by atoms with Gasteiger partial charge in [-0.15, -0.1) is 0 Å². The van der Waals surface area contributed by atoms with Gasteiger partial charge in [0.25, 0.3) is 0 Å². The van der Waals surface area contributed by atoms with Gasteiger partial charge >= 0.3 is 0 Å². The second kappa shape index (κ2) is 6.10. The molecule has 4 aromatic rings. The molecule has 0 saturated heterocycles. The topological polar surface area (TPSA) is 73.2 Å². The van der Waals surface area contributed by atoms with Crippen molar-refractivity contribution in [3.63, 3.8) is 0 Å². The Morgan fingerprint density at radius 3 is 2.72 bits per heavy atom. The number of hydrogen-bond donors (Lipinski definition) is 1. The number of fused-ring (bicyclic) bond motifs is 2. The molecule has 142 valence electrons. The molecule has 2 aliphatic rings. The van der Waals surface area contributed by atoms with Gasteiger partial charge in [0.05, 0.1) is 6.20 Å². The van der Waals surface area contributed by atoms with Gasteiger partial charge < -0.3 is 13.9 Å². The molecule has 1 aliphatic heterocycles. The molecule has 1 atom stereocenters. The summed E-state index contributed by atoms with van der Waals surface area (Å²) in [5.74, 6) is 2.22. The lowest BCUT2D eigenvalue weighted by atomic mass is 9.68. The molecule has 0 radical (unpaired) electrons.